The van der Waals surface area contributed by atoms with Gasteiger partial charge in [0.25, 0.3) is 0 Å². The molecule has 2 N–H and O–H groups in total. The van der Waals surface area contributed by atoms with E-state index in [1.54, 1.807) is 25.3 Å². The van der Waals surface area contributed by atoms with E-state index in [9.17, 15) is 4.79 Å². The summed E-state index contributed by atoms with van der Waals surface area (Å²) >= 11 is 0. The first-order chi connectivity index (χ1) is 7.04. The number of benzene rings is 1. The molecule has 82 valence electrons. The van der Waals surface area contributed by atoms with Crippen molar-refractivity contribution in [3.63, 3.8) is 0 Å². The molecule has 0 fully saturated rings. The lowest BCUT2D eigenvalue weighted by Gasteiger charge is -2.07. The summed E-state index contributed by atoms with van der Waals surface area (Å²) in [5, 5.41) is 0. The van der Waals surface area contributed by atoms with Gasteiger partial charge in [-0.2, -0.15) is 0 Å². The number of carbonyl (C=O) groups is 1. The minimum atomic E-state index is 0.124. The Bertz CT molecular complexity index is 359. The summed E-state index contributed by atoms with van der Waals surface area (Å²) in [5.74, 6) is 1.09. The molecule has 3 heteroatoms. The van der Waals surface area contributed by atoms with Crippen LogP contribution in [0.2, 0.25) is 0 Å². The quantitative estimate of drug-likeness (QED) is 0.609. The van der Waals surface area contributed by atoms with Gasteiger partial charge in [0.1, 0.15) is 5.75 Å². The van der Waals surface area contributed by atoms with E-state index in [4.69, 9.17) is 10.5 Å². The molecule has 0 aliphatic carbocycles. The number of nitrogen functional groups attached to an aromatic ring is 1. The molecule has 0 aromatic heterocycles. The van der Waals surface area contributed by atoms with Gasteiger partial charge in [0, 0.05) is 12.0 Å². The van der Waals surface area contributed by atoms with E-state index in [0.717, 1.165) is 0 Å². The van der Waals surface area contributed by atoms with Gasteiger partial charge < -0.3 is 10.5 Å². The minimum Gasteiger partial charge on any atom is -0.495 e. The van der Waals surface area contributed by atoms with Gasteiger partial charge in [-0.25, -0.2) is 0 Å². The first-order valence-corrected chi connectivity index (χ1v) is 5.01. The normalized spacial score (nSPS) is 10.4. The third kappa shape index (κ3) is 2.98. The van der Waals surface area contributed by atoms with Gasteiger partial charge in [0.15, 0.2) is 5.78 Å². The second-order valence-electron chi connectivity index (χ2n) is 3.98. The molecule has 1 aromatic rings. The first kappa shape index (κ1) is 11.6. The molecule has 0 aliphatic rings. The topological polar surface area (TPSA) is 52.3 Å². The number of methoxy groups -OCH3 is 1. The fourth-order valence-electron chi connectivity index (χ4n) is 1.40. The molecule has 0 radical (unpaired) electrons. The maximum atomic E-state index is 11.7. The highest BCUT2D eigenvalue weighted by atomic mass is 16.5. The SMILES string of the molecule is COc1ccc(C(=O)CC(C)C)cc1N. The Morgan fingerprint density at radius 3 is 2.60 bits per heavy atom. The molecule has 0 heterocycles. The highest BCUT2D eigenvalue weighted by Crippen LogP contribution is 2.23. The highest BCUT2D eigenvalue weighted by molar-refractivity contribution is 5.97. The third-order valence-electron chi connectivity index (χ3n) is 2.15. The van der Waals surface area contributed by atoms with Crippen molar-refractivity contribution < 1.29 is 9.53 Å². The molecule has 1 rings (SSSR count). The molecule has 0 spiro atoms. The number of Topliss-reactive ketones (excluding diaryl/α,β-unsaturated/α-hetero) is 1. The maximum Gasteiger partial charge on any atom is 0.163 e. The zero-order valence-corrected chi connectivity index (χ0v) is 9.41. The molecular formula is C12H17NO2. The number of anilines is 1. The largest absolute Gasteiger partial charge is 0.495 e. The zero-order valence-electron chi connectivity index (χ0n) is 9.41. The van der Waals surface area contributed by atoms with Gasteiger partial charge in [0.05, 0.1) is 12.8 Å². The number of ketones is 1. The predicted octanol–water partition coefficient (Wildman–Crippen LogP) is 2.51. The van der Waals surface area contributed by atoms with Crippen LogP contribution in [0.25, 0.3) is 0 Å². The molecule has 3 nitrogen and oxygen atoms in total. The van der Waals surface area contributed by atoms with Crippen LogP contribution >= 0.6 is 0 Å². The second kappa shape index (κ2) is 4.82. The van der Waals surface area contributed by atoms with Crippen molar-refractivity contribution in [3.8, 4) is 5.75 Å². The Labute approximate surface area is 90.2 Å². The average Bonchev–Trinajstić information content (AvgIpc) is 2.16. The van der Waals surface area contributed by atoms with Crippen molar-refractivity contribution in [2.75, 3.05) is 12.8 Å². The van der Waals surface area contributed by atoms with Gasteiger partial charge in [-0.1, -0.05) is 13.8 Å². The number of rotatable bonds is 4. The molecule has 0 unspecified atom stereocenters. The van der Waals surface area contributed by atoms with E-state index in [2.05, 4.69) is 0 Å². The minimum absolute atomic E-state index is 0.124. The van der Waals surface area contributed by atoms with E-state index in [0.29, 0.717) is 29.3 Å². The Morgan fingerprint density at radius 2 is 2.13 bits per heavy atom. The zero-order chi connectivity index (χ0) is 11.4. The molecule has 15 heavy (non-hydrogen) atoms. The lowest BCUT2D eigenvalue weighted by atomic mass is 10.0. The third-order valence-corrected chi connectivity index (χ3v) is 2.15. The number of ether oxygens (including phenoxy) is 1. The summed E-state index contributed by atoms with van der Waals surface area (Å²) in [5.41, 5.74) is 6.88. The van der Waals surface area contributed by atoms with Crippen LogP contribution in [-0.2, 0) is 0 Å². The number of hydrogen-bond donors (Lipinski definition) is 1. The molecular weight excluding hydrogens is 190 g/mol. The van der Waals surface area contributed by atoms with E-state index in [1.807, 2.05) is 13.8 Å². The van der Waals surface area contributed by atoms with Crippen molar-refractivity contribution >= 4 is 11.5 Å². The van der Waals surface area contributed by atoms with E-state index in [-0.39, 0.29) is 5.78 Å². The standard InChI is InChI=1S/C12H17NO2/c1-8(2)6-11(14)9-4-5-12(15-3)10(13)7-9/h4-5,7-8H,6,13H2,1-3H3. The lowest BCUT2D eigenvalue weighted by molar-refractivity contribution is 0.0968. The molecule has 0 atom stereocenters. The Hall–Kier alpha value is -1.51. The molecule has 0 bridgehead atoms. The van der Waals surface area contributed by atoms with Crippen molar-refractivity contribution in [2.24, 2.45) is 5.92 Å². The van der Waals surface area contributed by atoms with Crippen molar-refractivity contribution in [2.45, 2.75) is 20.3 Å². The maximum absolute atomic E-state index is 11.7. The lowest BCUT2D eigenvalue weighted by Crippen LogP contribution is -2.04. The Balaban J connectivity index is 2.87. The monoisotopic (exact) mass is 207 g/mol. The number of hydrogen-bond acceptors (Lipinski definition) is 3. The first-order valence-electron chi connectivity index (χ1n) is 5.01. The summed E-state index contributed by atoms with van der Waals surface area (Å²) in [6, 6.07) is 5.15. The fraction of sp³-hybridized carbons (Fsp3) is 0.417. The molecule has 0 saturated heterocycles. The van der Waals surface area contributed by atoms with E-state index >= 15 is 0 Å². The van der Waals surface area contributed by atoms with Crippen LogP contribution in [0.4, 0.5) is 5.69 Å². The van der Waals surface area contributed by atoms with E-state index in [1.165, 1.54) is 0 Å². The number of nitrogens with two attached hydrogens (primary N) is 1. The van der Waals surface area contributed by atoms with Gasteiger partial charge in [-0.15, -0.1) is 0 Å². The van der Waals surface area contributed by atoms with Crippen LogP contribution in [0.3, 0.4) is 0 Å². The van der Waals surface area contributed by atoms with Crippen LogP contribution in [0.15, 0.2) is 18.2 Å². The van der Waals surface area contributed by atoms with Gasteiger partial charge >= 0.3 is 0 Å². The van der Waals surface area contributed by atoms with Crippen LogP contribution in [0.1, 0.15) is 30.6 Å². The van der Waals surface area contributed by atoms with E-state index < -0.39 is 0 Å². The Morgan fingerprint density at radius 1 is 1.47 bits per heavy atom. The second-order valence-corrected chi connectivity index (χ2v) is 3.98. The molecule has 0 aliphatic heterocycles. The molecule has 0 amide bonds. The number of carbonyl (C=O) groups excluding carboxylic acids is 1. The summed E-state index contributed by atoms with van der Waals surface area (Å²) in [4.78, 5) is 11.7. The van der Waals surface area contributed by atoms with Gasteiger partial charge in [0.2, 0.25) is 0 Å². The fourth-order valence-corrected chi connectivity index (χ4v) is 1.40. The Kier molecular flexibility index (Phi) is 3.72. The summed E-state index contributed by atoms with van der Waals surface area (Å²) in [6.45, 7) is 4.04. The predicted molar refractivity (Wildman–Crippen MR) is 61.2 cm³/mol. The van der Waals surface area contributed by atoms with Crippen molar-refractivity contribution in [1.29, 1.82) is 0 Å². The van der Waals surface area contributed by atoms with Crippen LogP contribution in [0.5, 0.6) is 5.75 Å². The highest BCUT2D eigenvalue weighted by Gasteiger charge is 2.10. The van der Waals surface area contributed by atoms with Crippen LogP contribution in [-0.4, -0.2) is 12.9 Å². The molecule has 1 aromatic carbocycles. The summed E-state index contributed by atoms with van der Waals surface area (Å²) in [7, 11) is 1.56. The summed E-state index contributed by atoms with van der Waals surface area (Å²) in [6.07, 6.45) is 0.547. The summed E-state index contributed by atoms with van der Waals surface area (Å²) < 4.78 is 5.02. The van der Waals surface area contributed by atoms with Crippen molar-refractivity contribution in [1.82, 2.24) is 0 Å². The van der Waals surface area contributed by atoms with Crippen LogP contribution in [0, 0.1) is 5.92 Å². The molecule has 0 saturated carbocycles. The average molecular weight is 207 g/mol. The van der Waals surface area contributed by atoms with Crippen LogP contribution < -0.4 is 10.5 Å². The van der Waals surface area contributed by atoms with Gasteiger partial charge in [-0.05, 0) is 24.1 Å². The van der Waals surface area contributed by atoms with Gasteiger partial charge in [-0.3, -0.25) is 4.79 Å². The smallest absolute Gasteiger partial charge is 0.163 e. The van der Waals surface area contributed by atoms with Crippen molar-refractivity contribution in [3.05, 3.63) is 23.8 Å².